The van der Waals surface area contributed by atoms with E-state index in [1.807, 2.05) is 0 Å². The summed E-state index contributed by atoms with van der Waals surface area (Å²) in [5.41, 5.74) is 2.00. The number of carbonyl (C=O) groups excluding carboxylic acids is 1. The van der Waals surface area contributed by atoms with Crippen LogP contribution in [0.2, 0.25) is 0 Å². The Balaban J connectivity index is 4.60. The van der Waals surface area contributed by atoms with E-state index in [-0.39, 0.29) is 13.2 Å². The van der Waals surface area contributed by atoms with E-state index in [1.165, 1.54) is 7.11 Å². The van der Waals surface area contributed by atoms with Crippen molar-refractivity contribution in [1.82, 2.24) is 4.90 Å². The number of hydrogen-bond acceptors (Lipinski definition) is 4. The SMILES string of the molecule is COCC(O)CN(C)C(=O)C(C)(N)C(F)(F)F. The summed E-state index contributed by atoms with van der Waals surface area (Å²) in [5, 5.41) is 9.30. The zero-order valence-corrected chi connectivity index (χ0v) is 9.91. The largest absolute Gasteiger partial charge is 0.415 e. The zero-order valence-electron chi connectivity index (χ0n) is 9.91. The Bertz CT molecular complexity index is 269. The minimum absolute atomic E-state index is 0.0784. The highest BCUT2D eigenvalue weighted by Gasteiger charge is 2.55. The van der Waals surface area contributed by atoms with Gasteiger partial charge in [-0.2, -0.15) is 13.2 Å². The van der Waals surface area contributed by atoms with Gasteiger partial charge >= 0.3 is 6.18 Å². The lowest BCUT2D eigenvalue weighted by Gasteiger charge is -2.31. The third kappa shape index (κ3) is 4.14. The summed E-state index contributed by atoms with van der Waals surface area (Å²) >= 11 is 0. The molecule has 0 aliphatic heterocycles. The second kappa shape index (κ2) is 5.65. The minimum Gasteiger partial charge on any atom is -0.389 e. The summed E-state index contributed by atoms with van der Waals surface area (Å²) in [6, 6.07) is 0. The number of carbonyl (C=O) groups is 1. The van der Waals surface area contributed by atoms with Crippen LogP contribution >= 0.6 is 0 Å². The van der Waals surface area contributed by atoms with Gasteiger partial charge in [-0.15, -0.1) is 0 Å². The van der Waals surface area contributed by atoms with Crippen molar-refractivity contribution in [2.24, 2.45) is 5.73 Å². The third-order valence-electron chi connectivity index (χ3n) is 2.22. The number of aliphatic hydroxyl groups excluding tert-OH is 1. The Morgan fingerprint density at radius 3 is 2.35 bits per heavy atom. The molecule has 1 amide bonds. The highest BCUT2D eigenvalue weighted by atomic mass is 19.4. The summed E-state index contributed by atoms with van der Waals surface area (Å²) in [7, 11) is 2.46. The van der Waals surface area contributed by atoms with E-state index < -0.39 is 23.7 Å². The van der Waals surface area contributed by atoms with Gasteiger partial charge < -0.3 is 20.5 Å². The predicted molar refractivity (Wildman–Crippen MR) is 54.2 cm³/mol. The molecule has 0 spiro atoms. The van der Waals surface area contributed by atoms with E-state index >= 15 is 0 Å². The molecule has 0 aliphatic carbocycles. The van der Waals surface area contributed by atoms with Gasteiger partial charge in [0.25, 0.3) is 5.91 Å². The highest BCUT2D eigenvalue weighted by Crippen LogP contribution is 2.29. The second-order valence-electron chi connectivity index (χ2n) is 3.99. The number of amides is 1. The van der Waals surface area contributed by atoms with Gasteiger partial charge in [0, 0.05) is 20.7 Å². The number of halogens is 3. The van der Waals surface area contributed by atoms with Gasteiger partial charge in [0.05, 0.1) is 12.7 Å². The van der Waals surface area contributed by atoms with Crippen molar-refractivity contribution < 1.29 is 27.8 Å². The van der Waals surface area contributed by atoms with Gasteiger partial charge in [-0.3, -0.25) is 4.79 Å². The first-order valence-electron chi connectivity index (χ1n) is 4.82. The number of nitrogens with two attached hydrogens (primary N) is 1. The molecule has 0 rings (SSSR count). The molecular formula is C9H17F3N2O3. The van der Waals surface area contributed by atoms with Crippen molar-refractivity contribution >= 4 is 5.91 Å². The van der Waals surface area contributed by atoms with Crippen LogP contribution in [0.15, 0.2) is 0 Å². The van der Waals surface area contributed by atoms with Crippen molar-refractivity contribution in [3.05, 3.63) is 0 Å². The van der Waals surface area contributed by atoms with Gasteiger partial charge in [0.2, 0.25) is 0 Å². The normalized spacial score (nSPS) is 17.4. The molecule has 17 heavy (non-hydrogen) atoms. The molecule has 2 atom stereocenters. The Morgan fingerprint density at radius 1 is 1.53 bits per heavy atom. The molecule has 8 heteroatoms. The summed E-state index contributed by atoms with van der Waals surface area (Å²) in [4.78, 5) is 12.2. The maximum absolute atomic E-state index is 12.5. The van der Waals surface area contributed by atoms with Crippen LogP contribution < -0.4 is 5.73 Å². The third-order valence-corrected chi connectivity index (χ3v) is 2.22. The second-order valence-corrected chi connectivity index (χ2v) is 3.99. The van der Waals surface area contributed by atoms with Gasteiger partial charge in [0.15, 0.2) is 5.54 Å². The first-order valence-corrected chi connectivity index (χ1v) is 4.82. The molecule has 0 radical (unpaired) electrons. The summed E-state index contributed by atoms with van der Waals surface area (Å²) in [5.74, 6) is -1.31. The van der Waals surface area contributed by atoms with Crippen LogP contribution in [0.3, 0.4) is 0 Å². The standard InChI is InChI=1S/C9H17F3N2O3/c1-8(13,9(10,11)12)7(16)14(2)4-6(15)5-17-3/h6,15H,4-5,13H2,1-3H3. The number of alkyl halides is 3. The summed E-state index contributed by atoms with van der Waals surface area (Å²) < 4.78 is 42.0. The van der Waals surface area contributed by atoms with E-state index in [2.05, 4.69) is 4.74 Å². The number of methoxy groups -OCH3 is 1. The van der Waals surface area contributed by atoms with Gasteiger partial charge in [0.1, 0.15) is 0 Å². The van der Waals surface area contributed by atoms with Crippen LogP contribution in [0.5, 0.6) is 0 Å². The maximum atomic E-state index is 12.5. The van der Waals surface area contributed by atoms with Crippen molar-refractivity contribution in [2.75, 3.05) is 27.3 Å². The quantitative estimate of drug-likeness (QED) is 0.712. The fourth-order valence-corrected chi connectivity index (χ4v) is 1.16. The van der Waals surface area contributed by atoms with E-state index in [9.17, 15) is 23.1 Å². The first kappa shape index (κ1) is 16.1. The molecule has 0 aliphatic rings. The van der Waals surface area contributed by atoms with Crippen molar-refractivity contribution in [3.63, 3.8) is 0 Å². The van der Waals surface area contributed by atoms with Gasteiger partial charge in [-0.05, 0) is 6.92 Å². The average molecular weight is 258 g/mol. The van der Waals surface area contributed by atoms with Crippen LogP contribution in [-0.2, 0) is 9.53 Å². The lowest BCUT2D eigenvalue weighted by molar-refractivity contribution is -0.193. The average Bonchev–Trinajstić information content (AvgIpc) is 2.14. The molecule has 0 fully saturated rings. The topological polar surface area (TPSA) is 75.8 Å². The number of ether oxygens (including phenoxy) is 1. The Labute approximate surface area is 97.3 Å². The lowest BCUT2D eigenvalue weighted by atomic mass is 10.0. The molecule has 2 unspecified atom stereocenters. The number of likely N-dealkylation sites (N-methyl/N-ethyl adjacent to an activating group) is 1. The van der Waals surface area contributed by atoms with Crippen LogP contribution in [-0.4, -0.2) is 61.0 Å². The number of aliphatic hydroxyl groups is 1. The lowest BCUT2D eigenvalue weighted by Crippen LogP contribution is -2.62. The van der Waals surface area contributed by atoms with Crippen molar-refractivity contribution in [2.45, 2.75) is 24.7 Å². The molecule has 0 heterocycles. The van der Waals surface area contributed by atoms with Crippen LogP contribution in [0.25, 0.3) is 0 Å². The molecule has 102 valence electrons. The fraction of sp³-hybridized carbons (Fsp3) is 0.889. The van der Waals surface area contributed by atoms with E-state index in [0.29, 0.717) is 6.92 Å². The smallest absolute Gasteiger partial charge is 0.389 e. The van der Waals surface area contributed by atoms with E-state index in [1.54, 1.807) is 0 Å². The fourth-order valence-electron chi connectivity index (χ4n) is 1.16. The molecule has 0 aromatic rings. The first-order chi connectivity index (χ1) is 7.54. The Morgan fingerprint density at radius 2 is 2.00 bits per heavy atom. The molecule has 0 bridgehead atoms. The minimum atomic E-state index is -4.84. The van der Waals surface area contributed by atoms with E-state index in [4.69, 9.17) is 5.73 Å². The van der Waals surface area contributed by atoms with Gasteiger partial charge in [-0.1, -0.05) is 0 Å². The Kier molecular flexibility index (Phi) is 5.37. The zero-order chi connectivity index (χ0) is 13.9. The predicted octanol–water partition coefficient (Wildman–Crippen LogP) is -0.268. The van der Waals surface area contributed by atoms with E-state index in [0.717, 1.165) is 11.9 Å². The van der Waals surface area contributed by atoms with Crippen LogP contribution in [0.4, 0.5) is 13.2 Å². The van der Waals surface area contributed by atoms with Crippen LogP contribution in [0, 0.1) is 0 Å². The summed E-state index contributed by atoms with van der Waals surface area (Å²) in [6.07, 6.45) is -5.90. The molecule has 3 N–H and O–H groups in total. The molecule has 0 saturated heterocycles. The van der Waals surface area contributed by atoms with Crippen molar-refractivity contribution in [1.29, 1.82) is 0 Å². The van der Waals surface area contributed by atoms with Gasteiger partial charge in [-0.25, -0.2) is 0 Å². The highest BCUT2D eigenvalue weighted by molar-refractivity contribution is 5.86. The molecule has 0 aromatic heterocycles. The molecular weight excluding hydrogens is 241 g/mol. The van der Waals surface area contributed by atoms with Crippen LogP contribution in [0.1, 0.15) is 6.92 Å². The molecule has 0 saturated carbocycles. The number of rotatable bonds is 5. The number of hydrogen-bond donors (Lipinski definition) is 2. The monoisotopic (exact) mass is 258 g/mol. The summed E-state index contributed by atoms with van der Waals surface area (Å²) in [6.45, 7) is 0.231. The molecule has 5 nitrogen and oxygen atoms in total. The number of nitrogens with zero attached hydrogens (tertiary/aromatic N) is 1. The molecule has 0 aromatic carbocycles. The van der Waals surface area contributed by atoms with Crippen molar-refractivity contribution in [3.8, 4) is 0 Å². The Hall–Kier alpha value is -0.860. The maximum Gasteiger partial charge on any atom is 0.415 e.